The van der Waals surface area contributed by atoms with Crippen LogP contribution in [-0.4, -0.2) is 42.1 Å². The average molecular weight is 236 g/mol. The van der Waals surface area contributed by atoms with Gasteiger partial charge >= 0.3 is 0 Å². The molecule has 0 radical (unpaired) electrons. The first-order valence-corrected chi connectivity index (χ1v) is 5.55. The van der Waals surface area contributed by atoms with Gasteiger partial charge in [-0.15, -0.1) is 0 Å². The Balaban J connectivity index is 2.21. The number of nitrogens with two attached hydrogens (primary N) is 1. The zero-order chi connectivity index (χ0) is 12.1. The third kappa shape index (κ3) is 2.79. The van der Waals surface area contributed by atoms with Gasteiger partial charge in [-0.1, -0.05) is 0 Å². The Morgan fingerprint density at radius 2 is 2.06 bits per heavy atom. The van der Waals surface area contributed by atoms with Gasteiger partial charge in [0.2, 0.25) is 0 Å². The van der Waals surface area contributed by atoms with Crippen LogP contribution in [0.25, 0.3) is 0 Å². The summed E-state index contributed by atoms with van der Waals surface area (Å²) in [7, 11) is 0. The van der Waals surface area contributed by atoms with Crippen molar-refractivity contribution in [3.8, 4) is 0 Å². The van der Waals surface area contributed by atoms with Gasteiger partial charge in [-0.3, -0.25) is 20.1 Å². The number of morpholine rings is 1. The van der Waals surface area contributed by atoms with E-state index in [4.69, 9.17) is 10.6 Å². The van der Waals surface area contributed by atoms with Crippen molar-refractivity contribution >= 4 is 5.91 Å². The van der Waals surface area contributed by atoms with Crippen molar-refractivity contribution in [1.82, 2.24) is 15.3 Å². The number of ether oxygens (including phenoxy) is 1. The predicted octanol–water partition coefficient (Wildman–Crippen LogP) is -0.555. The topological polar surface area (TPSA) is 80.5 Å². The maximum Gasteiger partial charge on any atom is 0.255 e. The third-order valence-corrected chi connectivity index (χ3v) is 2.82. The van der Waals surface area contributed by atoms with Crippen LogP contribution in [0.5, 0.6) is 0 Å². The molecule has 2 rings (SSSR count). The van der Waals surface area contributed by atoms with E-state index in [9.17, 15) is 4.79 Å². The van der Waals surface area contributed by atoms with Gasteiger partial charge in [0.1, 0.15) is 6.04 Å². The van der Waals surface area contributed by atoms with E-state index in [1.165, 1.54) is 0 Å². The predicted molar refractivity (Wildman–Crippen MR) is 61.7 cm³/mol. The summed E-state index contributed by atoms with van der Waals surface area (Å²) in [5.41, 5.74) is 3.11. The molecule has 0 spiro atoms. The number of nitrogens with one attached hydrogen (secondary N) is 1. The van der Waals surface area contributed by atoms with Crippen LogP contribution in [0.3, 0.4) is 0 Å². The first-order valence-electron chi connectivity index (χ1n) is 5.55. The second-order valence-electron chi connectivity index (χ2n) is 3.84. The van der Waals surface area contributed by atoms with Gasteiger partial charge in [-0.2, -0.15) is 0 Å². The van der Waals surface area contributed by atoms with Crippen LogP contribution in [0.15, 0.2) is 24.5 Å². The molecule has 1 unspecified atom stereocenters. The lowest BCUT2D eigenvalue weighted by molar-refractivity contribution is -0.128. The summed E-state index contributed by atoms with van der Waals surface area (Å²) >= 11 is 0. The smallest absolute Gasteiger partial charge is 0.255 e. The highest BCUT2D eigenvalue weighted by molar-refractivity contribution is 5.82. The van der Waals surface area contributed by atoms with E-state index in [-0.39, 0.29) is 11.9 Å². The number of carbonyl (C=O) groups excluding carboxylic acids is 1. The van der Waals surface area contributed by atoms with E-state index >= 15 is 0 Å². The van der Waals surface area contributed by atoms with E-state index in [1.54, 1.807) is 12.4 Å². The van der Waals surface area contributed by atoms with Crippen molar-refractivity contribution in [2.24, 2.45) is 5.84 Å². The molecule has 0 aliphatic carbocycles. The molecular formula is C11H16N4O2. The van der Waals surface area contributed by atoms with Crippen LogP contribution in [0.1, 0.15) is 11.6 Å². The molecule has 92 valence electrons. The molecule has 17 heavy (non-hydrogen) atoms. The first-order chi connectivity index (χ1) is 8.33. The minimum Gasteiger partial charge on any atom is -0.379 e. The van der Waals surface area contributed by atoms with Crippen LogP contribution < -0.4 is 11.3 Å². The molecule has 0 saturated carbocycles. The molecule has 1 aromatic heterocycles. The van der Waals surface area contributed by atoms with Crippen LogP contribution in [-0.2, 0) is 9.53 Å². The Kier molecular flexibility index (Phi) is 4.03. The second-order valence-corrected chi connectivity index (χ2v) is 3.84. The number of rotatable bonds is 3. The Morgan fingerprint density at radius 1 is 1.41 bits per heavy atom. The van der Waals surface area contributed by atoms with E-state index in [1.807, 2.05) is 12.1 Å². The van der Waals surface area contributed by atoms with Gasteiger partial charge in [0.15, 0.2) is 0 Å². The van der Waals surface area contributed by atoms with Gasteiger partial charge in [0.25, 0.3) is 5.91 Å². The monoisotopic (exact) mass is 236 g/mol. The highest BCUT2D eigenvalue weighted by Gasteiger charge is 2.28. The van der Waals surface area contributed by atoms with Gasteiger partial charge in [-0.05, 0) is 17.7 Å². The number of pyridine rings is 1. The summed E-state index contributed by atoms with van der Waals surface area (Å²) in [4.78, 5) is 17.9. The highest BCUT2D eigenvalue weighted by atomic mass is 16.5. The maximum absolute atomic E-state index is 11.9. The quantitative estimate of drug-likeness (QED) is 0.418. The minimum atomic E-state index is -0.369. The third-order valence-electron chi connectivity index (χ3n) is 2.82. The Labute approximate surface area is 99.7 Å². The van der Waals surface area contributed by atoms with Gasteiger partial charge < -0.3 is 4.74 Å². The Morgan fingerprint density at radius 3 is 2.65 bits per heavy atom. The molecule has 1 aromatic rings. The molecule has 3 N–H and O–H groups in total. The molecule has 2 heterocycles. The molecule has 0 bridgehead atoms. The molecule has 6 heteroatoms. The fraction of sp³-hybridized carbons (Fsp3) is 0.455. The molecule has 0 aromatic carbocycles. The summed E-state index contributed by atoms with van der Waals surface area (Å²) < 4.78 is 5.28. The molecule has 1 atom stereocenters. The Bertz CT molecular complexity index is 365. The summed E-state index contributed by atoms with van der Waals surface area (Å²) in [6.45, 7) is 2.72. The van der Waals surface area contributed by atoms with Gasteiger partial charge in [-0.25, -0.2) is 5.84 Å². The maximum atomic E-state index is 11.9. The number of carbonyl (C=O) groups is 1. The molecule has 1 amide bonds. The van der Waals surface area contributed by atoms with Crippen molar-refractivity contribution in [3.63, 3.8) is 0 Å². The number of hydrogen-bond donors (Lipinski definition) is 2. The number of hydrogen-bond acceptors (Lipinski definition) is 5. The van der Waals surface area contributed by atoms with Crippen LogP contribution >= 0.6 is 0 Å². The molecule has 1 aliphatic heterocycles. The van der Waals surface area contributed by atoms with Crippen molar-refractivity contribution in [2.75, 3.05) is 26.3 Å². The van der Waals surface area contributed by atoms with E-state index in [0.29, 0.717) is 13.2 Å². The molecule has 1 fully saturated rings. The SMILES string of the molecule is NNC(=O)C(c1ccncc1)N1CCOCC1. The minimum absolute atomic E-state index is 0.210. The average Bonchev–Trinajstić information content (AvgIpc) is 2.41. The normalized spacial score (nSPS) is 18.6. The lowest BCUT2D eigenvalue weighted by Crippen LogP contribution is -2.47. The van der Waals surface area contributed by atoms with Crippen molar-refractivity contribution < 1.29 is 9.53 Å². The largest absolute Gasteiger partial charge is 0.379 e. The first kappa shape index (κ1) is 12.0. The van der Waals surface area contributed by atoms with Crippen LogP contribution in [0.2, 0.25) is 0 Å². The lowest BCUT2D eigenvalue weighted by atomic mass is 10.1. The van der Waals surface area contributed by atoms with E-state index in [0.717, 1.165) is 18.7 Å². The number of aromatic nitrogens is 1. The van der Waals surface area contributed by atoms with E-state index < -0.39 is 0 Å². The zero-order valence-corrected chi connectivity index (χ0v) is 9.50. The number of hydrazine groups is 1. The van der Waals surface area contributed by atoms with Gasteiger partial charge in [0, 0.05) is 25.5 Å². The number of nitrogens with zero attached hydrogens (tertiary/aromatic N) is 2. The Hall–Kier alpha value is -1.50. The summed E-state index contributed by atoms with van der Waals surface area (Å²) in [6, 6.07) is 3.29. The summed E-state index contributed by atoms with van der Waals surface area (Å²) in [6.07, 6.45) is 3.35. The second kappa shape index (κ2) is 5.72. The molecular weight excluding hydrogens is 220 g/mol. The lowest BCUT2D eigenvalue weighted by Gasteiger charge is -2.33. The summed E-state index contributed by atoms with van der Waals surface area (Å²) in [5, 5.41) is 0. The standard InChI is InChI=1S/C11H16N4O2/c12-14-11(16)10(9-1-3-13-4-2-9)15-5-7-17-8-6-15/h1-4,10H,5-8,12H2,(H,14,16). The number of amides is 1. The fourth-order valence-electron chi connectivity index (χ4n) is 1.99. The van der Waals surface area contributed by atoms with E-state index in [2.05, 4.69) is 15.3 Å². The van der Waals surface area contributed by atoms with Crippen molar-refractivity contribution in [3.05, 3.63) is 30.1 Å². The van der Waals surface area contributed by atoms with Gasteiger partial charge in [0.05, 0.1) is 13.2 Å². The molecule has 1 saturated heterocycles. The van der Waals surface area contributed by atoms with Crippen molar-refractivity contribution in [2.45, 2.75) is 6.04 Å². The highest BCUT2D eigenvalue weighted by Crippen LogP contribution is 2.21. The fourth-order valence-corrected chi connectivity index (χ4v) is 1.99. The van der Waals surface area contributed by atoms with Crippen LogP contribution in [0, 0.1) is 0 Å². The van der Waals surface area contributed by atoms with Crippen molar-refractivity contribution in [1.29, 1.82) is 0 Å². The molecule has 1 aliphatic rings. The summed E-state index contributed by atoms with van der Waals surface area (Å²) in [5.74, 6) is 5.03. The van der Waals surface area contributed by atoms with Crippen LogP contribution in [0.4, 0.5) is 0 Å². The molecule has 6 nitrogen and oxygen atoms in total. The zero-order valence-electron chi connectivity index (χ0n) is 9.50.